The van der Waals surface area contributed by atoms with Crippen molar-refractivity contribution in [3.05, 3.63) is 30.1 Å². The van der Waals surface area contributed by atoms with Crippen LogP contribution in [0.5, 0.6) is 5.75 Å². The van der Waals surface area contributed by atoms with Crippen LogP contribution in [0, 0.1) is 6.92 Å². The normalized spacial score (nSPS) is 11.1. The van der Waals surface area contributed by atoms with Crippen LogP contribution in [0.25, 0.3) is 22.6 Å². The number of phenolic OH excluding ortho intramolecular Hbond substituents is 1. The Balaban J connectivity index is 2.22. The molecule has 1 N–H and O–H groups in total. The Morgan fingerprint density at radius 3 is 2.88 bits per heavy atom. The monoisotopic (exact) mass is 216 g/mol. The van der Waals surface area contributed by atoms with Gasteiger partial charge in [0.05, 0.1) is 5.39 Å². The number of aromatic hydroxyl groups is 1. The second-order valence-electron chi connectivity index (χ2n) is 3.45. The number of rotatable bonds is 1. The van der Waals surface area contributed by atoms with Crippen LogP contribution in [0.3, 0.4) is 0 Å². The van der Waals surface area contributed by atoms with Gasteiger partial charge in [0.1, 0.15) is 11.3 Å². The van der Waals surface area contributed by atoms with Crippen molar-refractivity contribution in [3.8, 4) is 17.4 Å². The highest BCUT2D eigenvalue weighted by molar-refractivity contribution is 5.87. The summed E-state index contributed by atoms with van der Waals surface area (Å²) in [7, 11) is 0. The lowest BCUT2D eigenvalue weighted by Gasteiger charge is -1.89. The first-order valence-corrected chi connectivity index (χ1v) is 4.76. The molecular weight excluding hydrogens is 208 g/mol. The Labute approximate surface area is 90.3 Å². The number of nitrogens with zero attached hydrogens (tertiary/aromatic N) is 2. The molecule has 0 saturated carbocycles. The maximum Gasteiger partial charge on any atom is 0.293 e. The molecular formula is C11H8N2O3. The average molecular weight is 216 g/mol. The van der Waals surface area contributed by atoms with Gasteiger partial charge < -0.3 is 14.0 Å². The van der Waals surface area contributed by atoms with Crippen molar-refractivity contribution < 1.29 is 14.0 Å². The lowest BCUT2D eigenvalue weighted by Crippen LogP contribution is -1.73. The lowest BCUT2D eigenvalue weighted by molar-refractivity contribution is 0.414. The molecule has 5 nitrogen and oxygen atoms in total. The molecule has 2 aromatic heterocycles. The fourth-order valence-electron chi connectivity index (χ4n) is 1.55. The number of hydrogen-bond acceptors (Lipinski definition) is 5. The zero-order valence-corrected chi connectivity index (χ0v) is 8.47. The molecule has 0 spiro atoms. The minimum Gasteiger partial charge on any atom is -0.507 e. The number of benzene rings is 1. The van der Waals surface area contributed by atoms with Gasteiger partial charge >= 0.3 is 0 Å². The molecule has 0 fully saturated rings. The largest absolute Gasteiger partial charge is 0.507 e. The molecule has 5 heteroatoms. The zero-order valence-electron chi connectivity index (χ0n) is 8.47. The van der Waals surface area contributed by atoms with Crippen LogP contribution in [-0.4, -0.2) is 15.2 Å². The van der Waals surface area contributed by atoms with Crippen LogP contribution >= 0.6 is 0 Å². The van der Waals surface area contributed by atoms with E-state index < -0.39 is 0 Å². The second kappa shape index (κ2) is 3.10. The first kappa shape index (κ1) is 8.96. The third-order valence-corrected chi connectivity index (χ3v) is 2.28. The van der Waals surface area contributed by atoms with Crippen molar-refractivity contribution in [1.29, 1.82) is 0 Å². The molecule has 0 bridgehead atoms. The van der Waals surface area contributed by atoms with Gasteiger partial charge in [-0.1, -0.05) is 11.2 Å². The van der Waals surface area contributed by atoms with Crippen molar-refractivity contribution in [3.63, 3.8) is 0 Å². The molecule has 3 aromatic rings. The molecule has 80 valence electrons. The summed E-state index contributed by atoms with van der Waals surface area (Å²) in [6.07, 6.45) is 0. The standard InChI is InChI=1S/C11H8N2O3/c1-6-12-11(16-13-6)10-5-7-8(14)3-2-4-9(7)15-10/h2-5,14H,1H3. The van der Waals surface area contributed by atoms with Gasteiger partial charge in [-0.2, -0.15) is 4.98 Å². The number of furan rings is 1. The second-order valence-corrected chi connectivity index (χ2v) is 3.45. The van der Waals surface area contributed by atoms with Gasteiger partial charge in [-0.15, -0.1) is 0 Å². The van der Waals surface area contributed by atoms with Gasteiger partial charge in [0.15, 0.2) is 11.6 Å². The van der Waals surface area contributed by atoms with Crippen molar-refractivity contribution in [1.82, 2.24) is 10.1 Å². The van der Waals surface area contributed by atoms with Gasteiger partial charge in [0, 0.05) is 6.07 Å². The molecule has 0 unspecified atom stereocenters. The van der Waals surface area contributed by atoms with Gasteiger partial charge in [-0.25, -0.2) is 0 Å². The Kier molecular flexibility index (Phi) is 1.73. The van der Waals surface area contributed by atoms with Crippen LogP contribution in [-0.2, 0) is 0 Å². The van der Waals surface area contributed by atoms with Gasteiger partial charge in [0.25, 0.3) is 5.89 Å². The molecule has 2 heterocycles. The van der Waals surface area contributed by atoms with E-state index in [0.29, 0.717) is 28.4 Å². The van der Waals surface area contributed by atoms with E-state index in [-0.39, 0.29) is 5.75 Å². The van der Waals surface area contributed by atoms with Crippen molar-refractivity contribution >= 4 is 11.0 Å². The Morgan fingerprint density at radius 1 is 1.31 bits per heavy atom. The molecule has 0 atom stereocenters. The van der Waals surface area contributed by atoms with Crippen LogP contribution in [0.15, 0.2) is 33.2 Å². The quantitative estimate of drug-likeness (QED) is 0.676. The molecule has 16 heavy (non-hydrogen) atoms. The maximum absolute atomic E-state index is 9.61. The van der Waals surface area contributed by atoms with Crippen molar-refractivity contribution in [2.75, 3.05) is 0 Å². The van der Waals surface area contributed by atoms with Gasteiger partial charge in [-0.05, 0) is 19.1 Å². The highest BCUT2D eigenvalue weighted by Gasteiger charge is 2.13. The smallest absolute Gasteiger partial charge is 0.293 e. The maximum atomic E-state index is 9.61. The predicted octanol–water partition coefficient (Wildman–Crippen LogP) is 2.50. The lowest BCUT2D eigenvalue weighted by atomic mass is 10.2. The third-order valence-electron chi connectivity index (χ3n) is 2.28. The highest BCUT2D eigenvalue weighted by atomic mass is 16.5. The average Bonchev–Trinajstić information content (AvgIpc) is 2.84. The molecule has 0 aliphatic rings. The van der Waals surface area contributed by atoms with Gasteiger partial charge in [0.2, 0.25) is 0 Å². The van der Waals surface area contributed by atoms with Crippen LogP contribution in [0.4, 0.5) is 0 Å². The SMILES string of the molecule is Cc1noc(-c2cc3c(O)cccc3o2)n1. The van der Waals surface area contributed by atoms with E-state index in [2.05, 4.69) is 10.1 Å². The molecule has 3 rings (SSSR count). The molecule has 1 aromatic carbocycles. The number of aromatic nitrogens is 2. The summed E-state index contributed by atoms with van der Waals surface area (Å²) in [5, 5.41) is 13.9. The summed E-state index contributed by atoms with van der Waals surface area (Å²) in [5.41, 5.74) is 0.589. The minimum atomic E-state index is 0.170. The minimum absolute atomic E-state index is 0.170. The zero-order chi connectivity index (χ0) is 11.1. The third kappa shape index (κ3) is 1.25. The first-order valence-electron chi connectivity index (χ1n) is 4.76. The predicted molar refractivity (Wildman–Crippen MR) is 55.9 cm³/mol. The summed E-state index contributed by atoms with van der Waals surface area (Å²) in [6, 6.07) is 6.75. The van der Waals surface area contributed by atoms with Crippen molar-refractivity contribution in [2.45, 2.75) is 6.92 Å². The topological polar surface area (TPSA) is 72.3 Å². The van der Waals surface area contributed by atoms with Crippen LogP contribution in [0.2, 0.25) is 0 Å². The summed E-state index contributed by atoms with van der Waals surface area (Å²) < 4.78 is 10.5. The van der Waals surface area contributed by atoms with Crippen LogP contribution < -0.4 is 0 Å². The fourth-order valence-corrected chi connectivity index (χ4v) is 1.55. The van der Waals surface area contributed by atoms with Crippen LogP contribution in [0.1, 0.15) is 5.82 Å². The molecule has 0 saturated heterocycles. The first-order chi connectivity index (χ1) is 7.74. The van der Waals surface area contributed by atoms with E-state index in [0.717, 1.165) is 0 Å². The highest BCUT2D eigenvalue weighted by Crippen LogP contribution is 2.31. The summed E-state index contributed by atoms with van der Waals surface area (Å²) in [6.45, 7) is 1.73. The van der Waals surface area contributed by atoms with E-state index in [4.69, 9.17) is 8.94 Å². The molecule has 0 amide bonds. The number of phenols is 1. The van der Waals surface area contributed by atoms with Gasteiger partial charge in [-0.3, -0.25) is 0 Å². The Morgan fingerprint density at radius 2 is 2.19 bits per heavy atom. The van der Waals surface area contributed by atoms with E-state index in [1.165, 1.54) is 0 Å². The molecule has 0 aliphatic heterocycles. The Hall–Kier alpha value is -2.30. The Bertz CT molecular complexity index is 654. The van der Waals surface area contributed by atoms with E-state index in [1.54, 1.807) is 31.2 Å². The summed E-state index contributed by atoms with van der Waals surface area (Å²) in [5.74, 6) is 1.48. The van der Waals surface area contributed by atoms with E-state index in [9.17, 15) is 5.11 Å². The van der Waals surface area contributed by atoms with E-state index >= 15 is 0 Å². The fraction of sp³-hybridized carbons (Fsp3) is 0.0909. The number of fused-ring (bicyclic) bond motifs is 1. The summed E-state index contributed by atoms with van der Waals surface area (Å²) >= 11 is 0. The molecule has 0 radical (unpaired) electrons. The number of aryl methyl sites for hydroxylation is 1. The summed E-state index contributed by atoms with van der Waals surface area (Å²) in [4.78, 5) is 4.05. The number of hydrogen-bond donors (Lipinski definition) is 1. The van der Waals surface area contributed by atoms with Crippen molar-refractivity contribution in [2.24, 2.45) is 0 Å². The molecule has 0 aliphatic carbocycles. The van der Waals surface area contributed by atoms with E-state index in [1.807, 2.05) is 0 Å².